The Bertz CT molecular complexity index is 707. The number of anilines is 1. The predicted molar refractivity (Wildman–Crippen MR) is 93.3 cm³/mol. The summed E-state index contributed by atoms with van der Waals surface area (Å²) in [5.74, 6) is 0.729. The number of rotatable bonds is 3. The van der Waals surface area contributed by atoms with Gasteiger partial charge in [-0.25, -0.2) is 0 Å². The molecule has 3 rings (SSSR count). The topological polar surface area (TPSA) is 44.7 Å². The first-order valence-electron chi connectivity index (χ1n) is 7.95. The fraction of sp³-hybridized carbons (Fsp3) is 0.263. The highest BCUT2D eigenvalue weighted by Crippen LogP contribution is 2.34. The molecule has 0 saturated carbocycles. The highest BCUT2D eigenvalue weighted by Gasteiger charge is 2.29. The zero-order valence-electron chi connectivity index (χ0n) is 13.5. The summed E-state index contributed by atoms with van der Waals surface area (Å²) in [6, 6.07) is 18.7. The summed E-state index contributed by atoms with van der Waals surface area (Å²) in [5, 5.41) is 9.55. The van der Waals surface area contributed by atoms with Crippen LogP contribution in [0.3, 0.4) is 0 Å². The van der Waals surface area contributed by atoms with Gasteiger partial charge in [0.05, 0.1) is 11.7 Å². The lowest BCUT2D eigenvalue weighted by atomic mass is 10.0. The third-order valence-corrected chi connectivity index (χ3v) is 4.00. The van der Waals surface area contributed by atoms with Crippen LogP contribution in [0.15, 0.2) is 59.7 Å². The van der Waals surface area contributed by atoms with E-state index >= 15 is 0 Å². The van der Waals surface area contributed by atoms with Crippen molar-refractivity contribution in [1.82, 2.24) is 5.32 Å². The molecule has 2 aromatic rings. The molecule has 1 amide bonds. The third-order valence-electron chi connectivity index (χ3n) is 4.00. The molecular formula is C19H21N3O. The summed E-state index contributed by atoms with van der Waals surface area (Å²) in [6.07, 6.45) is 1.16. The summed E-state index contributed by atoms with van der Waals surface area (Å²) in [4.78, 5) is 11.7. The molecule has 4 heteroatoms. The number of para-hydroxylation sites is 1. The molecule has 1 atom stereocenters. The van der Waals surface area contributed by atoms with Gasteiger partial charge in [0.1, 0.15) is 5.84 Å². The molecule has 1 aliphatic rings. The van der Waals surface area contributed by atoms with E-state index in [4.69, 9.17) is 0 Å². The van der Waals surface area contributed by atoms with E-state index in [1.807, 2.05) is 42.3 Å². The van der Waals surface area contributed by atoms with Gasteiger partial charge in [-0.2, -0.15) is 5.10 Å². The molecule has 1 aliphatic heterocycles. The Balaban J connectivity index is 1.91. The zero-order chi connectivity index (χ0) is 16.2. The van der Waals surface area contributed by atoms with E-state index in [1.54, 1.807) is 0 Å². The maximum absolute atomic E-state index is 11.7. The van der Waals surface area contributed by atoms with Crippen LogP contribution >= 0.6 is 0 Å². The summed E-state index contributed by atoms with van der Waals surface area (Å²) >= 11 is 0. The Labute approximate surface area is 136 Å². The third kappa shape index (κ3) is 3.42. The van der Waals surface area contributed by atoms with Crippen molar-refractivity contribution in [2.24, 2.45) is 5.10 Å². The van der Waals surface area contributed by atoms with Crippen LogP contribution in [0.5, 0.6) is 0 Å². The van der Waals surface area contributed by atoms with Gasteiger partial charge >= 0.3 is 0 Å². The lowest BCUT2D eigenvalue weighted by Gasteiger charge is -2.23. The molecule has 0 saturated heterocycles. The molecule has 23 heavy (non-hydrogen) atoms. The van der Waals surface area contributed by atoms with Crippen molar-refractivity contribution >= 4 is 17.4 Å². The molecule has 1 unspecified atom stereocenters. The Morgan fingerprint density at radius 2 is 1.87 bits per heavy atom. The molecule has 0 spiro atoms. The van der Waals surface area contributed by atoms with Gasteiger partial charge in [-0.15, -0.1) is 0 Å². The van der Waals surface area contributed by atoms with E-state index in [0.717, 1.165) is 11.5 Å². The Morgan fingerprint density at radius 3 is 2.52 bits per heavy atom. The fourth-order valence-corrected chi connectivity index (χ4v) is 2.70. The molecule has 4 nitrogen and oxygen atoms in total. The first-order valence-corrected chi connectivity index (χ1v) is 7.95. The quantitative estimate of drug-likeness (QED) is 0.937. The summed E-state index contributed by atoms with van der Waals surface area (Å²) in [7, 11) is 0. The molecule has 118 valence electrons. The Hall–Kier alpha value is -2.62. The van der Waals surface area contributed by atoms with Gasteiger partial charge in [0.2, 0.25) is 5.91 Å². The normalized spacial score (nSPS) is 17.0. The number of amidine groups is 1. The molecule has 0 aromatic heterocycles. The molecule has 0 bridgehead atoms. The monoisotopic (exact) mass is 307 g/mol. The van der Waals surface area contributed by atoms with Crippen molar-refractivity contribution in [3.63, 3.8) is 0 Å². The van der Waals surface area contributed by atoms with E-state index in [-0.39, 0.29) is 11.9 Å². The van der Waals surface area contributed by atoms with Crippen LogP contribution < -0.4 is 10.3 Å². The maximum atomic E-state index is 11.7. The lowest BCUT2D eigenvalue weighted by molar-refractivity contribution is -0.119. The van der Waals surface area contributed by atoms with Crippen LogP contribution in [0.25, 0.3) is 0 Å². The summed E-state index contributed by atoms with van der Waals surface area (Å²) in [6.45, 7) is 3.92. The number of hydrogen-bond donors (Lipinski definition) is 1. The van der Waals surface area contributed by atoms with E-state index in [1.165, 1.54) is 11.1 Å². The van der Waals surface area contributed by atoms with Crippen molar-refractivity contribution in [1.29, 1.82) is 0 Å². The zero-order valence-corrected chi connectivity index (χ0v) is 13.5. The number of nitrogens with zero attached hydrogens (tertiary/aromatic N) is 2. The smallest absolute Gasteiger partial charge is 0.225 e. The predicted octanol–water partition coefficient (Wildman–Crippen LogP) is 3.79. The number of carbonyl (C=O) groups is 1. The second-order valence-corrected chi connectivity index (χ2v) is 5.76. The van der Waals surface area contributed by atoms with Crippen LogP contribution in [0.1, 0.15) is 36.9 Å². The van der Waals surface area contributed by atoms with Crippen molar-refractivity contribution < 1.29 is 4.79 Å². The van der Waals surface area contributed by atoms with Gasteiger partial charge in [0.15, 0.2) is 0 Å². The van der Waals surface area contributed by atoms with Crippen molar-refractivity contribution in [2.45, 2.75) is 32.7 Å². The fourth-order valence-electron chi connectivity index (χ4n) is 2.70. The second kappa shape index (κ2) is 6.65. The highest BCUT2D eigenvalue weighted by atomic mass is 16.1. The number of nitrogens with one attached hydrogen (secondary N) is 1. The van der Waals surface area contributed by atoms with Crippen LogP contribution in [0.4, 0.5) is 5.69 Å². The summed E-state index contributed by atoms with van der Waals surface area (Å²) < 4.78 is 0. The van der Waals surface area contributed by atoms with Crippen molar-refractivity contribution in [2.75, 3.05) is 5.01 Å². The van der Waals surface area contributed by atoms with E-state index < -0.39 is 0 Å². The molecule has 1 heterocycles. The molecule has 2 aromatic carbocycles. The number of hydrazone groups is 1. The van der Waals surface area contributed by atoms with Crippen LogP contribution in [-0.2, 0) is 4.79 Å². The Kier molecular flexibility index (Phi) is 4.42. The largest absolute Gasteiger partial charge is 0.313 e. The van der Waals surface area contributed by atoms with Gasteiger partial charge in [0, 0.05) is 12.8 Å². The molecule has 1 N–H and O–H groups in total. The van der Waals surface area contributed by atoms with Gasteiger partial charge in [-0.05, 0) is 24.6 Å². The van der Waals surface area contributed by atoms with Gasteiger partial charge in [0.25, 0.3) is 0 Å². The molecular weight excluding hydrogens is 286 g/mol. The second-order valence-electron chi connectivity index (χ2n) is 5.76. The SMILES string of the molecule is CCC(=O)NC1=NN(c2ccccc2)C(c2ccc(C)cc2)C1. The minimum atomic E-state index is 0.00122. The summed E-state index contributed by atoms with van der Waals surface area (Å²) in [5.41, 5.74) is 3.46. The average Bonchev–Trinajstić information content (AvgIpc) is 3.00. The van der Waals surface area contributed by atoms with Gasteiger partial charge in [-0.1, -0.05) is 55.0 Å². The number of amides is 1. The van der Waals surface area contributed by atoms with E-state index in [9.17, 15) is 4.79 Å². The van der Waals surface area contributed by atoms with Crippen molar-refractivity contribution in [3.8, 4) is 0 Å². The number of benzene rings is 2. The Morgan fingerprint density at radius 1 is 1.17 bits per heavy atom. The number of carbonyl (C=O) groups excluding carboxylic acids is 1. The molecule has 0 fully saturated rings. The number of aryl methyl sites for hydroxylation is 1. The van der Waals surface area contributed by atoms with Gasteiger partial charge in [-0.3, -0.25) is 9.80 Å². The first-order chi connectivity index (χ1) is 11.2. The van der Waals surface area contributed by atoms with Crippen LogP contribution in [0.2, 0.25) is 0 Å². The van der Waals surface area contributed by atoms with E-state index in [2.05, 4.69) is 41.6 Å². The standard InChI is InChI=1S/C19H21N3O/c1-3-19(23)20-18-13-17(15-11-9-14(2)10-12-15)22(21-18)16-7-5-4-6-8-16/h4-12,17H,3,13H2,1-2H3,(H,20,21,23). The molecule has 0 aliphatic carbocycles. The van der Waals surface area contributed by atoms with Gasteiger partial charge < -0.3 is 5.32 Å². The first kappa shape index (κ1) is 15.3. The van der Waals surface area contributed by atoms with E-state index in [0.29, 0.717) is 12.8 Å². The average molecular weight is 307 g/mol. The number of hydrogen-bond acceptors (Lipinski definition) is 3. The lowest BCUT2D eigenvalue weighted by Crippen LogP contribution is -2.28. The highest BCUT2D eigenvalue weighted by molar-refractivity contribution is 6.00. The molecule has 0 radical (unpaired) electrons. The minimum absolute atomic E-state index is 0.00122. The maximum Gasteiger partial charge on any atom is 0.225 e. The van der Waals surface area contributed by atoms with Crippen molar-refractivity contribution in [3.05, 3.63) is 65.7 Å². The minimum Gasteiger partial charge on any atom is -0.313 e. The van der Waals surface area contributed by atoms with Crippen LogP contribution in [0, 0.1) is 6.92 Å². The van der Waals surface area contributed by atoms with Crippen LogP contribution in [-0.4, -0.2) is 11.7 Å².